The SMILES string of the molecule is Clc1cccc(NCC2CCOC2)c1-n1cccn1. The van der Waals surface area contributed by atoms with Crippen LogP contribution in [0, 0.1) is 5.92 Å². The molecule has 1 aromatic heterocycles. The second-order valence-electron chi connectivity index (χ2n) is 4.70. The van der Waals surface area contributed by atoms with Gasteiger partial charge in [0.25, 0.3) is 0 Å². The first-order chi connectivity index (χ1) is 9.34. The van der Waals surface area contributed by atoms with Crippen LogP contribution in [0.15, 0.2) is 36.7 Å². The predicted octanol–water partition coefficient (Wildman–Crippen LogP) is 2.97. The number of nitrogens with one attached hydrogen (secondary N) is 1. The largest absolute Gasteiger partial charge is 0.383 e. The molecule has 100 valence electrons. The van der Waals surface area contributed by atoms with Gasteiger partial charge in [0.1, 0.15) is 5.69 Å². The quantitative estimate of drug-likeness (QED) is 0.934. The normalized spacial score (nSPS) is 18.7. The van der Waals surface area contributed by atoms with Crippen LogP contribution in [0.3, 0.4) is 0 Å². The molecule has 2 aromatic rings. The zero-order chi connectivity index (χ0) is 13.1. The molecule has 0 amide bonds. The van der Waals surface area contributed by atoms with E-state index in [1.165, 1.54) is 0 Å². The number of rotatable bonds is 4. The molecule has 1 saturated heterocycles. The summed E-state index contributed by atoms with van der Waals surface area (Å²) in [6.45, 7) is 2.60. The first-order valence-corrected chi connectivity index (χ1v) is 6.82. The van der Waals surface area contributed by atoms with Gasteiger partial charge in [0, 0.05) is 31.5 Å². The van der Waals surface area contributed by atoms with E-state index in [-0.39, 0.29) is 0 Å². The molecular formula is C14H16ClN3O. The van der Waals surface area contributed by atoms with Crippen molar-refractivity contribution in [1.29, 1.82) is 0 Å². The minimum Gasteiger partial charge on any atom is -0.383 e. The van der Waals surface area contributed by atoms with Gasteiger partial charge in [-0.1, -0.05) is 17.7 Å². The average Bonchev–Trinajstić information content (AvgIpc) is 3.09. The summed E-state index contributed by atoms with van der Waals surface area (Å²) in [6, 6.07) is 7.74. The van der Waals surface area contributed by atoms with Crippen molar-refractivity contribution >= 4 is 17.3 Å². The maximum Gasteiger partial charge on any atom is 0.106 e. The Morgan fingerprint density at radius 1 is 1.42 bits per heavy atom. The van der Waals surface area contributed by atoms with E-state index < -0.39 is 0 Å². The van der Waals surface area contributed by atoms with Crippen molar-refractivity contribution in [1.82, 2.24) is 9.78 Å². The number of ether oxygens (including phenoxy) is 1. The van der Waals surface area contributed by atoms with Gasteiger partial charge >= 0.3 is 0 Å². The third-order valence-corrected chi connectivity index (χ3v) is 3.63. The van der Waals surface area contributed by atoms with Crippen LogP contribution in [0.5, 0.6) is 0 Å². The molecule has 1 N–H and O–H groups in total. The molecule has 5 heteroatoms. The smallest absolute Gasteiger partial charge is 0.106 e. The monoisotopic (exact) mass is 277 g/mol. The molecule has 1 unspecified atom stereocenters. The molecule has 0 aliphatic carbocycles. The molecule has 0 radical (unpaired) electrons. The predicted molar refractivity (Wildman–Crippen MR) is 76.0 cm³/mol. The summed E-state index contributed by atoms with van der Waals surface area (Å²) in [7, 11) is 0. The number of hydrogen-bond acceptors (Lipinski definition) is 3. The first kappa shape index (κ1) is 12.5. The van der Waals surface area contributed by atoms with E-state index in [1.807, 2.05) is 30.5 Å². The fourth-order valence-electron chi connectivity index (χ4n) is 2.29. The topological polar surface area (TPSA) is 39.1 Å². The summed E-state index contributed by atoms with van der Waals surface area (Å²) in [5.41, 5.74) is 1.90. The van der Waals surface area contributed by atoms with Crippen molar-refractivity contribution in [2.75, 3.05) is 25.1 Å². The number of benzene rings is 1. The summed E-state index contributed by atoms with van der Waals surface area (Å²) in [5, 5.41) is 8.41. The first-order valence-electron chi connectivity index (χ1n) is 6.45. The maximum atomic E-state index is 6.29. The van der Waals surface area contributed by atoms with Gasteiger partial charge in [-0.3, -0.25) is 0 Å². The standard InChI is InChI=1S/C14H16ClN3O/c15-12-3-1-4-13(14(12)18-7-2-6-17-18)16-9-11-5-8-19-10-11/h1-4,6-7,11,16H,5,8-10H2. The third-order valence-electron chi connectivity index (χ3n) is 3.33. The van der Waals surface area contributed by atoms with Crippen LogP contribution >= 0.6 is 11.6 Å². The number of anilines is 1. The maximum absolute atomic E-state index is 6.29. The lowest BCUT2D eigenvalue weighted by Crippen LogP contribution is -2.15. The van der Waals surface area contributed by atoms with Gasteiger partial charge in [-0.05, 0) is 24.6 Å². The Morgan fingerprint density at radius 2 is 2.37 bits per heavy atom. The molecule has 1 aromatic carbocycles. The Balaban J connectivity index is 1.82. The minimum absolute atomic E-state index is 0.574. The second-order valence-corrected chi connectivity index (χ2v) is 5.10. The van der Waals surface area contributed by atoms with Crippen molar-refractivity contribution in [3.05, 3.63) is 41.7 Å². The molecule has 0 bridgehead atoms. The van der Waals surface area contributed by atoms with E-state index >= 15 is 0 Å². The Morgan fingerprint density at radius 3 is 3.11 bits per heavy atom. The summed E-state index contributed by atoms with van der Waals surface area (Å²) < 4.78 is 7.18. The van der Waals surface area contributed by atoms with Gasteiger partial charge < -0.3 is 10.1 Å². The van der Waals surface area contributed by atoms with E-state index in [0.717, 1.165) is 37.6 Å². The molecule has 0 spiro atoms. The van der Waals surface area contributed by atoms with Gasteiger partial charge in [-0.2, -0.15) is 5.10 Å². The van der Waals surface area contributed by atoms with Crippen molar-refractivity contribution in [3.8, 4) is 5.69 Å². The molecule has 3 rings (SSSR count). The fourth-order valence-corrected chi connectivity index (χ4v) is 2.55. The van der Waals surface area contributed by atoms with Crippen LogP contribution in [-0.4, -0.2) is 29.5 Å². The highest BCUT2D eigenvalue weighted by atomic mass is 35.5. The van der Waals surface area contributed by atoms with E-state index in [4.69, 9.17) is 16.3 Å². The van der Waals surface area contributed by atoms with Gasteiger partial charge in [-0.25, -0.2) is 4.68 Å². The Bertz CT molecular complexity index is 536. The number of halogens is 1. The summed E-state index contributed by atoms with van der Waals surface area (Å²) >= 11 is 6.29. The lowest BCUT2D eigenvalue weighted by molar-refractivity contribution is 0.187. The number of aromatic nitrogens is 2. The van der Waals surface area contributed by atoms with Gasteiger partial charge in [0.15, 0.2) is 0 Å². The minimum atomic E-state index is 0.574. The van der Waals surface area contributed by atoms with E-state index in [9.17, 15) is 0 Å². The van der Waals surface area contributed by atoms with E-state index in [2.05, 4.69) is 10.4 Å². The zero-order valence-electron chi connectivity index (χ0n) is 10.6. The van der Waals surface area contributed by atoms with Crippen LogP contribution in [0.1, 0.15) is 6.42 Å². The van der Waals surface area contributed by atoms with Crippen molar-refractivity contribution in [3.63, 3.8) is 0 Å². The van der Waals surface area contributed by atoms with Crippen LogP contribution in [0.25, 0.3) is 5.69 Å². The second kappa shape index (κ2) is 5.63. The average molecular weight is 278 g/mol. The molecular weight excluding hydrogens is 262 g/mol. The molecule has 19 heavy (non-hydrogen) atoms. The number of hydrogen-bond donors (Lipinski definition) is 1. The highest BCUT2D eigenvalue weighted by molar-refractivity contribution is 6.33. The van der Waals surface area contributed by atoms with Crippen LogP contribution < -0.4 is 5.32 Å². The Hall–Kier alpha value is -1.52. The molecule has 1 fully saturated rings. The fraction of sp³-hybridized carbons (Fsp3) is 0.357. The molecule has 1 aliphatic heterocycles. The lowest BCUT2D eigenvalue weighted by Gasteiger charge is -2.15. The Kier molecular flexibility index (Phi) is 3.71. The third kappa shape index (κ3) is 2.74. The van der Waals surface area contributed by atoms with Crippen LogP contribution in [0.2, 0.25) is 5.02 Å². The molecule has 0 saturated carbocycles. The van der Waals surface area contributed by atoms with Gasteiger partial charge in [-0.15, -0.1) is 0 Å². The lowest BCUT2D eigenvalue weighted by atomic mass is 10.1. The van der Waals surface area contributed by atoms with Crippen molar-refractivity contribution in [2.24, 2.45) is 5.92 Å². The molecule has 4 nitrogen and oxygen atoms in total. The number of para-hydroxylation sites is 1. The molecule has 2 heterocycles. The van der Waals surface area contributed by atoms with Gasteiger partial charge in [0.05, 0.1) is 17.3 Å². The summed E-state index contributed by atoms with van der Waals surface area (Å²) in [6.07, 6.45) is 4.76. The highest BCUT2D eigenvalue weighted by Crippen LogP contribution is 2.28. The summed E-state index contributed by atoms with van der Waals surface area (Å²) in [4.78, 5) is 0. The molecule has 1 aliphatic rings. The Labute approximate surface area is 117 Å². The van der Waals surface area contributed by atoms with Crippen molar-refractivity contribution < 1.29 is 4.74 Å². The summed E-state index contributed by atoms with van der Waals surface area (Å²) in [5.74, 6) is 0.574. The van der Waals surface area contributed by atoms with E-state index in [1.54, 1.807) is 10.9 Å². The van der Waals surface area contributed by atoms with Crippen molar-refractivity contribution in [2.45, 2.75) is 6.42 Å². The highest BCUT2D eigenvalue weighted by Gasteiger charge is 2.16. The zero-order valence-corrected chi connectivity index (χ0v) is 11.3. The van der Waals surface area contributed by atoms with Gasteiger partial charge in [0.2, 0.25) is 0 Å². The van der Waals surface area contributed by atoms with Crippen LogP contribution in [0.4, 0.5) is 5.69 Å². The molecule has 1 atom stereocenters. The van der Waals surface area contributed by atoms with E-state index in [0.29, 0.717) is 10.9 Å². The number of nitrogens with zero attached hydrogens (tertiary/aromatic N) is 2. The van der Waals surface area contributed by atoms with Crippen LogP contribution in [-0.2, 0) is 4.74 Å².